The number of carbonyl (C=O) groups is 2. The van der Waals surface area contributed by atoms with Gasteiger partial charge in [-0.25, -0.2) is 9.59 Å². The maximum absolute atomic E-state index is 11.6. The van der Waals surface area contributed by atoms with E-state index < -0.39 is 17.7 Å². The lowest BCUT2D eigenvalue weighted by Gasteiger charge is -2.22. The van der Waals surface area contributed by atoms with Gasteiger partial charge in [0.15, 0.2) is 0 Å². The van der Waals surface area contributed by atoms with Crippen LogP contribution in [0.3, 0.4) is 0 Å². The van der Waals surface area contributed by atoms with E-state index in [0.29, 0.717) is 5.92 Å². The number of hydrogen-bond donors (Lipinski definition) is 2. The van der Waals surface area contributed by atoms with E-state index >= 15 is 0 Å². The zero-order valence-electron chi connectivity index (χ0n) is 11.1. The van der Waals surface area contributed by atoms with Crippen LogP contribution in [0.5, 0.6) is 0 Å². The normalized spacial score (nSPS) is 17.5. The molecular formula is C13H21NO4. The van der Waals surface area contributed by atoms with Crippen LogP contribution in [0, 0.1) is 5.92 Å². The first-order valence-electron chi connectivity index (χ1n) is 6.17. The highest BCUT2D eigenvalue weighted by Gasteiger charge is 2.26. The van der Waals surface area contributed by atoms with Crippen molar-refractivity contribution >= 4 is 12.1 Å². The van der Waals surface area contributed by atoms with Crippen LogP contribution in [-0.2, 0) is 9.53 Å². The molecule has 0 unspecified atom stereocenters. The summed E-state index contributed by atoms with van der Waals surface area (Å²) in [4.78, 5) is 22.1. The van der Waals surface area contributed by atoms with Crippen molar-refractivity contribution in [2.24, 2.45) is 5.92 Å². The first-order chi connectivity index (χ1) is 8.26. The Labute approximate surface area is 107 Å². The van der Waals surface area contributed by atoms with Crippen LogP contribution in [-0.4, -0.2) is 28.8 Å². The number of hydrogen-bond acceptors (Lipinski definition) is 3. The number of carboxylic acid groups (broad SMARTS) is 1. The Kier molecular flexibility index (Phi) is 4.76. The molecule has 0 spiro atoms. The van der Waals surface area contributed by atoms with Gasteiger partial charge in [0.05, 0.1) is 6.04 Å². The van der Waals surface area contributed by atoms with Gasteiger partial charge in [0.1, 0.15) is 5.60 Å². The number of aliphatic carboxylic acids is 1. The van der Waals surface area contributed by atoms with Crippen molar-refractivity contribution in [3.8, 4) is 0 Å². The molecule has 0 radical (unpaired) electrons. The molecule has 0 aromatic rings. The van der Waals surface area contributed by atoms with Gasteiger partial charge in [0.2, 0.25) is 0 Å². The predicted molar refractivity (Wildman–Crippen MR) is 67.3 cm³/mol. The van der Waals surface area contributed by atoms with Gasteiger partial charge in [-0.2, -0.15) is 0 Å². The minimum absolute atomic E-state index is 0.275. The van der Waals surface area contributed by atoms with E-state index in [4.69, 9.17) is 9.84 Å². The van der Waals surface area contributed by atoms with E-state index in [-0.39, 0.29) is 6.04 Å². The van der Waals surface area contributed by atoms with E-state index in [1.54, 1.807) is 20.8 Å². The van der Waals surface area contributed by atoms with Gasteiger partial charge in [-0.15, -0.1) is 0 Å². The van der Waals surface area contributed by atoms with Crippen LogP contribution < -0.4 is 5.32 Å². The van der Waals surface area contributed by atoms with Gasteiger partial charge >= 0.3 is 12.1 Å². The van der Waals surface area contributed by atoms with Crippen molar-refractivity contribution in [2.45, 2.75) is 51.7 Å². The minimum Gasteiger partial charge on any atom is -0.478 e. The molecule has 0 heterocycles. The van der Waals surface area contributed by atoms with Crippen molar-refractivity contribution < 1.29 is 19.4 Å². The van der Waals surface area contributed by atoms with Gasteiger partial charge in [-0.1, -0.05) is 18.9 Å². The van der Waals surface area contributed by atoms with Crippen molar-refractivity contribution in [3.63, 3.8) is 0 Å². The molecule has 1 fully saturated rings. The Morgan fingerprint density at radius 1 is 1.44 bits per heavy atom. The van der Waals surface area contributed by atoms with Gasteiger partial charge < -0.3 is 15.2 Å². The summed E-state index contributed by atoms with van der Waals surface area (Å²) >= 11 is 0. The lowest BCUT2D eigenvalue weighted by molar-refractivity contribution is -0.131. The monoisotopic (exact) mass is 255 g/mol. The summed E-state index contributed by atoms with van der Waals surface area (Å²) in [6, 6.07) is -0.275. The fraction of sp³-hybridized carbons (Fsp3) is 0.692. The van der Waals surface area contributed by atoms with E-state index in [1.807, 2.05) is 0 Å². The molecule has 1 rings (SSSR count). The Bertz CT molecular complexity index is 339. The molecule has 1 saturated carbocycles. The number of carboxylic acids is 1. The lowest BCUT2D eigenvalue weighted by atomic mass is 10.1. The summed E-state index contributed by atoms with van der Waals surface area (Å²) in [6.45, 7) is 5.36. The standard InChI is InChI=1S/C13H21NO4/c1-13(2,3)18-12(17)14-10(6-7-11(15)16)8-9-4-5-9/h6-7,9-10H,4-5,8H2,1-3H3,(H,14,17)(H,15,16)/b7-6+/t10-/m1/s1. The third kappa shape index (κ3) is 6.93. The molecule has 18 heavy (non-hydrogen) atoms. The highest BCUT2D eigenvalue weighted by atomic mass is 16.6. The molecule has 5 nitrogen and oxygen atoms in total. The van der Waals surface area contributed by atoms with Crippen molar-refractivity contribution in [3.05, 3.63) is 12.2 Å². The number of ether oxygens (including phenoxy) is 1. The maximum atomic E-state index is 11.6. The summed E-state index contributed by atoms with van der Waals surface area (Å²) in [7, 11) is 0. The van der Waals surface area contributed by atoms with Crippen LogP contribution in [0.4, 0.5) is 4.79 Å². The average Bonchev–Trinajstić information content (AvgIpc) is 2.94. The molecule has 1 aliphatic carbocycles. The Balaban J connectivity index is 2.48. The van der Waals surface area contributed by atoms with Crippen LogP contribution in [0.2, 0.25) is 0 Å². The molecular weight excluding hydrogens is 234 g/mol. The van der Waals surface area contributed by atoms with Crippen LogP contribution in [0.15, 0.2) is 12.2 Å². The first kappa shape index (κ1) is 14.5. The average molecular weight is 255 g/mol. The van der Waals surface area contributed by atoms with Crippen LogP contribution in [0.25, 0.3) is 0 Å². The highest BCUT2D eigenvalue weighted by Crippen LogP contribution is 2.33. The Hall–Kier alpha value is -1.52. The molecule has 102 valence electrons. The number of alkyl carbamates (subject to hydrolysis) is 1. The van der Waals surface area contributed by atoms with E-state index in [0.717, 1.165) is 25.3 Å². The molecule has 0 aromatic carbocycles. The molecule has 1 atom stereocenters. The molecule has 2 N–H and O–H groups in total. The summed E-state index contributed by atoms with van der Waals surface area (Å²) < 4.78 is 5.15. The largest absolute Gasteiger partial charge is 0.478 e. The number of nitrogens with one attached hydrogen (secondary N) is 1. The predicted octanol–water partition coefficient (Wildman–Crippen LogP) is 2.32. The first-order valence-corrected chi connectivity index (χ1v) is 6.17. The second-order valence-corrected chi connectivity index (χ2v) is 5.63. The molecule has 5 heteroatoms. The Morgan fingerprint density at radius 2 is 2.06 bits per heavy atom. The summed E-state index contributed by atoms with van der Waals surface area (Å²) in [6.07, 6.45) is 5.11. The highest BCUT2D eigenvalue weighted by molar-refractivity contribution is 5.80. The third-order valence-corrected chi connectivity index (χ3v) is 2.46. The minimum atomic E-state index is -1.01. The van der Waals surface area contributed by atoms with E-state index in [9.17, 15) is 9.59 Å². The fourth-order valence-electron chi connectivity index (χ4n) is 1.56. The maximum Gasteiger partial charge on any atom is 0.408 e. The van der Waals surface area contributed by atoms with E-state index in [2.05, 4.69) is 5.32 Å². The van der Waals surface area contributed by atoms with Gasteiger partial charge in [0.25, 0.3) is 0 Å². The molecule has 0 aromatic heterocycles. The topological polar surface area (TPSA) is 75.6 Å². The van der Waals surface area contributed by atoms with Crippen molar-refractivity contribution in [1.29, 1.82) is 0 Å². The molecule has 1 amide bonds. The second-order valence-electron chi connectivity index (χ2n) is 5.63. The van der Waals surface area contributed by atoms with Gasteiger partial charge in [-0.3, -0.25) is 0 Å². The molecule has 1 aliphatic rings. The SMILES string of the molecule is CC(C)(C)OC(=O)N[C@H](/C=C/C(=O)O)CC1CC1. The molecule has 0 saturated heterocycles. The molecule has 0 bridgehead atoms. The van der Waals surface area contributed by atoms with Gasteiger partial charge in [-0.05, 0) is 33.1 Å². The second kappa shape index (κ2) is 5.89. The van der Waals surface area contributed by atoms with Crippen molar-refractivity contribution in [1.82, 2.24) is 5.32 Å². The molecule has 0 aliphatic heterocycles. The van der Waals surface area contributed by atoms with Crippen molar-refractivity contribution in [2.75, 3.05) is 0 Å². The number of amides is 1. The number of carbonyl (C=O) groups excluding carboxylic acids is 1. The summed E-state index contributed by atoms with van der Waals surface area (Å²) in [5, 5.41) is 11.3. The quantitative estimate of drug-likeness (QED) is 0.739. The van der Waals surface area contributed by atoms with Gasteiger partial charge in [0, 0.05) is 6.08 Å². The van der Waals surface area contributed by atoms with Crippen LogP contribution >= 0.6 is 0 Å². The Morgan fingerprint density at radius 3 is 2.50 bits per heavy atom. The summed E-state index contributed by atoms with van der Waals surface area (Å²) in [5.41, 5.74) is -0.551. The van der Waals surface area contributed by atoms with Crippen LogP contribution in [0.1, 0.15) is 40.0 Å². The zero-order valence-corrected chi connectivity index (χ0v) is 11.1. The number of rotatable bonds is 5. The fourth-order valence-corrected chi connectivity index (χ4v) is 1.56. The smallest absolute Gasteiger partial charge is 0.408 e. The summed E-state index contributed by atoms with van der Waals surface area (Å²) in [5.74, 6) is -0.426. The lowest BCUT2D eigenvalue weighted by Crippen LogP contribution is -2.38. The third-order valence-electron chi connectivity index (χ3n) is 2.46. The zero-order chi connectivity index (χ0) is 13.8. The van der Waals surface area contributed by atoms with E-state index in [1.165, 1.54) is 6.08 Å².